The first-order valence-corrected chi connectivity index (χ1v) is 7.06. The maximum Gasteiger partial charge on any atom is 0.0424 e. The van der Waals surface area contributed by atoms with Crippen LogP contribution in [0.3, 0.4) is 0 Å². The molecule has 1 rings (SSSR count). The lowest BCUT2D eigenvalue weighted by Crippen LogP contribution is -2.02. The third kappa shape index (κ3) is 5.27. The van der Waals surface area contributed by atoms with Crippen LogP contribution >= 0.6 is 11.8 Å². The van der Waals surface area contributed by atoms with E-state index >= 15 is 0 Å². The average molecular weight is 246 g/mol. The van der Waals surface area contributed by atoms with Gasteiger partial charge < -0.3 is 0 Å². The van der Waals surface area contributed by atoms with E-state index in [9.17, 15) is 0 Å². The van der Waals surface area contributed by atoms with E-state index in [1.165, 1.54) is 11.1 Å². The molecule has 0 nitrogen and oxygen atoms in total. The Morgan fingerprint density at radius 1 is 1.41 bits per heavy atom. The van der Waals surface area contributed by atoms with Gasteiger partial charge in [-0.3, -0.25) is 0 Å². The first kappa shape index (κ1) is 14.1. The van der Waals surface area contributed by atoms with Crippen LogP contribution in [0, 0.1) is 0 Å². The van der Waals surface area contributed by atoms with Crippen molar-refractivity contribution in [3.8, 4) is 0 Å². The summed E-state index contributed by atoms with van der Waals surface area (Å²) >= 11 is 1.98. The molecular formula is C16H22S. The molecule has 0 spiro atoms. The normalized spacial score (nSPS) is 21.9. The van der Waals surface area contributed by atoms with Crippen LogP contribution < -0.4 is 0 Å². The molecule has 0 radical (unpaired) electrons. The molecule has 92 valence electrons. The van der Waals surface area contributed by atoms with E-state index < -0.39 is 0 Å². The highest BCUT2D eigenvalue weighted by Crippen LogP contribution is 2.26. The smallest absolute Gasteiger partial charge is 0.0424 e. The molecule has 17 heavy (non-hydrogen) atoms. The summed E-state index contributed by atoms with van der Waals surface area (Å²) in [6.45, 7) is 10.3. The third-order valence-corrected chi connectivity index (χ3v) is 3.75. The van der Waals surface area contributed by atoms with Gasteiger partial charge in [0, 0.05) is 10.5 Å². The summed E-state index contributed by atoms with van der Waals surface area (Å²) in [5.41, 5.74) is 2.70. The summed E-state index contributed by atoms with van der Waals surface area (Å²) in [5, 5.41) is 1.01. The molecule has 0 aromatic heterocycles. The molecule has 0 N–H and O–H groups in total. The summed E-state index contributed by atoms with van der Waals surface area (Å²) < 4.78 is 0. The fraction of sp³-hybridized carbons (Fsp3) is 0.375. The molecule has 1 aliphatic rings. The van der Waals surface area contributed by atoms with Crippen LogP contribution in [0.4, 0.5) is 0 Å². The summed E-state index contributed by atoms with van der Waals surface area (Å²) in [6, 6.07) is 0. The van der Waals surface area contributed by atoms with Gasteiger partial charge in [0.05, 0.1) is 0 Å². The van der Waals surface area contributed by atoms with Crippen molar-refractivity contribution in [1.29, 1.82) is 0 Å². The van der Waals surface area contributed by atoms with E-state index in [2.05, 4.69) is 63.8 Å². The highest BCUT2D eigenvalue weighted by molar-refractivity contribution is 8.00. The fourth-order valence-electron chi connectivity index (χ4n) is 1.81. The Kier molecular flexibility index (Phi) is 6.13. The predicted octanol–water partition coefficient (Wildman–Crippen LogP) is 5.07. The van der Waals surface area contributed by atoms with Gasteiger partial charge in [-0.2, -0.15) is 0 Å². The van der Waals surface area contributed by atoms with Gasteiger partial charge in [0.25, 0.3) is 0 Å². The summed E-state index contributed by atoms with van der Waals surface area (Å²) in [5.74, 6) is 0. The third-order valence-electron chi connectivity index (χ3n) is 2.58. The zero-order valence-electron chi connectivity index (χ0n) is 11.0. The van der Waals surface area contributed by atoms with Gasteiger partial charge in [-0.1, -0.05) is 48.1 Å². The van der Waals surface area contributed by atoms with Gasteiger partial charge in [0.2, 0.25) is 0 Å². The first-order valence-electron chi connectivity index (χ1n) is 6.12. The van der Waals surface area contributed by atoms with E-state index in [1.54, 1.807) is 0 Å². The van der Waals surface area contributed by atoms with Crippen molar-refractivity contribution in [3.63, 3.8) is 0 Å². The lowest BCUT2D eigenvalue weighted by atomic mass is 10.1. The Hall–Kier alpha value is -0.950. The lowest BCUT2D eigenvalue weighted by molar-refractivity contribution is 1.20. The molecule has 0 aromatic rings. The Bertz CT molecular complexity index is 369. The zero-order chi connectivity index (χ0) is 12.7. The van der Waals surface area contributed by atoms with Crippen LogP contribution in [0.25, 0.3) is 0 Å². The van der Waals surface area contributed by atoms with E-state index in [1.807, 2.05) is 17.8 Å². The van der Waals surface area contributed by atoms with Gasteiger partial charge in [-0.15, -0.1) is 18.3 Å². The Balaban J connectivity index is 2.77. The van der Waals surface area contributed by atoms with Gasteiger partial charge in [-0.05, 0) is 32.8 Å². The van der Waals surface area contributed by atoms with Crippen molar-refractivity contribution < 1.29 is 0 Å². The van der Waals surface area contributed by atoms with Crippen LogP contribution in [0.1, 0.15) is 27.2 Å². The van der Waals surface area contributed by atoms with Crippen LogP contribution in [0.2, 0.25) is 0 Å². The number of thioether (sulfide) groups is 1. The second-order valence-electron chi connectivity index (χ2n) is 4.31. The lowest BCUT2D eigenvalue weighted by Gasteiger charge is -2.13. The molecule has 1 aliphatic carbocycles. The van der Waals surface area contributed by atoms with Crippen LogP contribution in [-0.4, -0.2) is 10.5 Å². The fourth-order valence-corrected chi connectivity index (χ4v) is 3.10. The van der Waals surface area contributed by atoms with Gasteiger partial charge in [-0.25, -0.2) is 0 Å². The molecule has 0 fully saturated rings. The molecule has 0 heterocycles. The van der Waals surface area contributed by atoms with Crippen molar-refractivity contribution >= 4 is 11.8 Å². The van der Waals surface area contributed by atoms with Crippen molar-refractivity contribution in [3.05, 3.63) is 60.3 Å². The number of hydrogen-bond donors (Lipinski definition) is 0. The molecule has 0 aliphatic heterocycles. The maximum atomic E-state index is 3.81. The molecule has 0 saturated carbocycles. The minimum Gasteiger partial charge on any atom is -0.143 e. The summed E-state index contributed by atoms with van der Waals surface area (Å²) in [4.78, 5) is 0. The molecule has 2 atom stereocenters. The first-order chi connectivity index (χ1) is 8.15. The molecule has 1 heteroatoms. The largest absolute Gasteiger partial charge is 0.143 e. The van der Waals surface area contributed by atoms with E-state index in [0.29, 0.717) is 10.5 Å². The number of rotatable bonds is 5. The molecule has 2 unspecified atom stereocenters. The predicted molar refractivity (Wildman–Crippen MR) is 81.4 cm³/mol. The van der Waals surface area contributed by atoms with Crippen LogP contribution in [0.5, 0.6) is 0 Å². The highest BCUT2D eigenvalue weighted by atomic mass is 32.2. The standard InChI is InChI=1S/C16H22S/c1-5-7-14(4)17-16-11-13(3)9-10-15(12-16)8-6-2/h5-7,9-12,14,16H,2,8H2,1,3-4H3/b7-5+. The highest BCUT2D eigenvalue weighted by Gasteiger charge is 2.09. The van der Waals surface area contributed by atoms with Crippen molar-refractivity contribution in [2.75, 3.05) is 0 Å². The monoisotopic (exact) mass is 246 g/mol. The quantitative estimate of drug-likeness (QED) is 0.610. The minimum absolute atomic E-state index is 0.464. The number of hydrogen-bond acceptors (Lipinski definition) is 1. The Morgan fingerprint density at radius 3 is 2.82 bits per heavy atom. The minimum atomic E-state index is 0.464. The van der Waals surface area contributed by atoms with Gasteiger partial charge >= 0.3 is 0 Å². The van der Waals surface area contributed by atoms with Gasteiger partial charge in [0.1, 0.15) is 0 Å². The van der Waals surface area contributed by atoms with Crippen LogP contribution in [0.15, 0.2) is 60.3 Å². The molecular weight excluding hydrogens is 224 g/mol. The Morgan fingerprint density at radius 2 is 2.18 bits per heavy atom. The van der Waals surface area contributed by atoms with Crippen molar-refractivity contribution in [1.82, 2.24) is 0 Å². The Labute approximate surface area is 110 Å². The topological polar surface area (TPSA) is 0 Å². The molecule has 0 bridgehead atoms. The SMILES string of the molecule is C=CCC1=CC(SC(C)/C=C/C)C=C(C)C=C1. The van der Waals surface area contributed by atoms with Crippen LogP contribution in [-0.2, 0) is 0 Å². The molecule has 0 saturated heterocycles. The zero-order valence-corrected chi connectivity index (χ0v) is 11.8. The van der Waals surface area contributed by atoms with Crippen molar-refractivity contribution in [2.45, 2.75) is 37.7 Å². The van der Waals surface area contributed by atoms with E-state index in [4.69, 9.17) is 0 Å². The average Bonchev–Trinajstić information content (AvgIpc) is 2.41. The number of allylic oxidation sites excluding steroid dienone is 6. The second-order valence-corrected chi connectivity index (χ2v) is 5.87. The second kappa shape index (κ2) is 7.39. The summed E-state index contributed by atoms with van der Waals surface area (Å²) in [7, 11) is 0. The van der Waals surface area contributed by atoms with E-state index in [-0.39, 0.29) is 0 Å². The molecule has 0 amide bonds. The van der Waals surface area contributed by atoms with E-state index in [0.717, 1.165) is 6.42 Å². The molecule has 0 aromatic carbocycles. The summed E-state index contributed by atoms with van der Waals surface area (Å²) in [6.07, 6.45) is 16.4. The maximum absolute atomic E-state index is 3.81. The van der Waals surface area contributed by atoms with Gasteiger partial charge in [0.15, 0.2) is 0 Å². The van der Waals surface area contributed by atoms with Crippen molar-refractivity contribution in [2.24, 2.45) is 0 Å².